The van der Waals surface area contributed by atoms with Gasteiger partial charge in [0.15, 0.2) is 6.54 Å². The zero-order chi connectivity index (χ0) is 30.5. The zero-order valence-electron chi connectivity index (χ0n) is 24.4. The number of anilines is 1. The van der Waals surface area contributed by atoms with Gasteiger partial charge in [0.25, 0.3) is 16.8 Å². The quantitative estimate of drug-likeness (QED) is 0.0962. The van der Waals surface area contributed by atoms with Crippen LogP contribution in [0.5, 0.6) is 0 Å². The molecule has 44 heavy (non-hydrogen) atoms. The molecule has 1 N–H and O–H groups in total. The fraction of sp³-hybridized carbons (Fsp3) is 0.167. The smallest absolute Gasteiger partial charge is 0.263 e. The second-order valence-corrected chi connectivity index (χ2v) is 12.4. The number of allylic oxidation sites excluding steroid dienone is 2. The topological polar surface area (TPSA) is 81.8 Å². The van der Waals surface area contributed by atoms with E-state index in [2.05, 4.69) is 4.57 Å². The van der Waals surface area contributed by atoms with Crippen LogP contribution in [0.15, 0.2) is 96.3 Å². The van der Waals surface area contributed by atoms with E-state index in [1.165, 1.54) is 4.90 Å². The van der Waals surface area contributed by atoms with Crippen molar-refractivity contribution < 1.29 is 24.1 Å². The molecular formula is C36H30N3O4S+. The Morgan fingerprint density at radius 2 is 1.52 bits per heavy atom. The van der Waals surface area contributed by atoms with Gasteiger partial charge in [-0.25, -0.2) is 0 Å². The molecule has 1 aliphatic heterocycles. The van der Waals surface area contributed by atoms with Crippen LogP contribution in [0, 0.1) is 0 Å². The number of nitrogens with zero attached hydrogens (tertiary/aromatic N) is 3. The summed E-state index contributed by atoms with van der Waals surface area (Å²) in [6.07, 6.45) is 3.11. The Hall–Kier alpha value is -5.08. The molecule has 7 nitrogen and oxygen atoms in total. The molecule has 0 saturated carbocycles. The van der Waals surface area contributed by atoms with Gasteiger partial charge in [0.2, 0.25) is 11.3 Å². The van der Waals surface area contributed by atoms with Crippen LogP contribution in [0.3, 0.4) is 0 Å². The third-order valence-corrected chi connectivity index (χ3v) is 9.52. The van der Waals surface area contributed by atoms with Crippen LogP contribution in [-0.2, 0) is 11.3 Å². The predicted octanol–water partition coefficient (Wildman–Crippen LogP) is 6.42. The Kier molecular flexibility index (Phi) is 6.86. The number of unbranched alkanes of at least 4 members (excludes halogenated alkanes) is 1. The molecular weight excluding hydrogens is 570 g/mol. The molecule has 4 aromatic carbocycles. The molecule has 218 valence electrons. The molecule has 0 fully saturated rings. The molecule has 5 aromatic rings. The van der Waals surface area contributed by atoms with E-state index in [1.807, 2.05) is 91.8 Å². The average molecular weight is 601 g/mol. The second kappa shape index (κ2) is 10.9. The fourth-order valence-electron chi connectivity index (χ4n) is 6.09. The maximum absolute atomic E-state index is 13.3. The van der Waals surface area contributed by atoms with Crippen LogP contribution < -0.4 is 9.47 Å². The molecule has 1 aromatic heterocycles. The molecule has 0 bridgehead atoms. The lowest BCUT2D eigenvalue weighted by Gasteiger charge is -2.27. The monoisotopic (exact) mass is 600 g/mol. The predicted molar refractivity (Wildman–Crippen MR) is 174 cm³/mol. The van der Waals surface area contributed by atoms with Crippen molar-refractivity contribution >= 4 is 67.3 Å². The van der Waals surface area contributed by atoms with Gasteiger partial charge in [-0.3, -0.25) is 19.3 Å². The highest BCUT2D eigenvalue weighted by molar-refractivity contribution is 7.18. The van der Waals surface area contributed by atoms with Crippen molar-refractivity contribution in [2.45, 2.75) is 19.4 Å². The maximum atomic E-state index is 13.3. The van der Waals surface area contributed by atoms with Gasteiger partial charge in [0.05, 0.1) is 11.1 Å². The molecule has 0 unspecified atom stereocenters. The van der Waals surface area contributed by atoms with E-state index in [9.17, 15) is 19.5 Å². The number of benzene rings is 4. The van der Waals surface area contributed by atoms with Gasteiger partial charge < -0.3 is 10.0 Å². The number of hydrogen-bond donors (Lipinski definition) is 1. The van der Waals surface area contributed by atoms with Crippen LogP contribution >= 0.6 is 11.3 Å². The zero-order valence-corrected chi connectivity index (χ0v) is 25.2. The molecule has 8 heteroatoms. The number of fused-ring (bicyclic) bond motifs is 1. The standard InChI is InChI=1S/C36H29N3O4S/c1-37(2)24-17-15-23(16-18-24)32-33(40)27(34(32)41)21-30-38(28-13-3-4-14-29(28)44-30)19-5-6-20-39-35(42)25-11-7-9-22-10-8-12-26(31(22)25)36(39)43/h3-4,7-18,21H,5-6,19-20H2,1-2H3/p+1. The number of aromatic nitrogens is 1. The summed E-state index contributed by atoms with van der Waals surface area (Å²) in [5.74, 6) is -0.678. The Bertz CT molecular complexity index is 2020. The molecule has 0 saturated heterocycles. The summed E-state index contributed by atoms with van der Waals surface area (Å²) in [5.41, 5.74) is 4.51. The number of amides is 2. The molecule has 2 amide bonds. The van der Waals surface area contributed by atoms with Gasteiger partial charge in [-0.05, 0) is 47.7 Å². The Morgan fingerprint density at radius 1 is 0.841 bits per heavy atom. The highest BCUT2D eigenvalue weighted by atomic mass is 32.1. The van der Waals surface area contributed by atoms with Gasteiger partial charge in [0.1, 0.15) is 10.5 Å². The number of Topliss-reactive ketones (excluding diaryl/α,β-unsaturated/α-hetero) is 1. The third kappa shape index (κ3) is 4.50. The first-order valence-corrected chi connectivity index (χ1v) is 15.4. The normalized spacial score (nSPS) is 15.5. The molecule has 0 atom stereocenters. The average Bonchev–Trinajstić information content (AvgIpc) is 3.39. The lowest BCUT2D eigenvalue weighted by molar-refractivity contribution is -0.669. The van der Waals surface area contributed by atoms with E-state index in [-0.39, 0.29) is 23.4 Å². The second-order valence-electron chi connectivity index (χ2n) is 11.3. The Balaban J connectivity index is 1.11. The SMILES string of the molecule is CN(C)c1ccc(C2=C(O)/C(=C/c3sc4ccccc4[n+]3CCCCN3C(=O)c4cccc5cccc(c45)C3=O)C2=O)cc1. The molecule has 2 aliphatic rings. The summed E-state index contributed by atoms with van der Waals surface area (Å²) in [6.45, 7) is 0.947. The first kappa shape index (κ1) is 27.7. The number of ketones is 1. The minimum Gasteiger partial charge on any atom is -0.506 e. The molecule has 1 aliphatic carbocycles. The van der Waals surface area contributed by atoms with Crippen molar-refractivity contribution in [2.75, 3.05) is 25.5 Å². The summed E-state index contributed by atoms with van der Waals surface area (Å²) >= 11 is 1.56. The molecule has 0 spiro atoms. The van der Waals surface area contributed by atoms with E-state index in [1.54, 1.807) is 29.5 Å². The molecule has 0 radical (unpaired) electrons. The number of imide groups is 1. The Labute approximate surface area is 258 Å². The van der Waals surface area contributed by atoms with Crippen LogP contribution in [0.1, 0.15) is 44.1 Å². The highest BCUT2D eigenvalue weighted by Gasteiger charge is 2.36. The molecule has 7 rings (SSSR count). The Morgan fingerprint density at radius 3 is 2.18 bits per heavy atom. The number of thiazole rings is 1. The van der Waals surface area contributed by atoms with Crippen molar-refractivity contribution in [3.8, 4) is 0 Å². The van der Waals surface area contributed by atoms with E-state index < -0.39 is 0 Å². The van der Waals surface area contributed by atoms with E-state index in [0.717, 1.165) is 31.7 Å². The minimum absolute atomic E-state index is 0.00836. The summed E-state index contributed by atoms with van der Waals surface area (Å²) in [4.78, 5) is 43.1. The van der Waals surface area contributed by atoms with Crippen LogP contribution in [0.4, 0.5) is 5.69 Å². The summed E-state index contributed by atoms with van der Waals surface area (Å²) < 4.78 is 3.22. The van der Waals surface area contributed by atoms with Crippen molar-refractivity contribution in [2.24, 2.45) is 0 Å². The lowest BCUT2D eigenvalue weighted by Crippen LogP contribution is -2.41. The van der Waals surface area contributed by atoms with E-state index in [4.69, 9.17) is 0 Å². The number of hydrogen-bond acceptors (Lipinski definition) is 6. The van der Waals surface area contributed by atoms with Gasteiger partial charge in [0, 0.05) is 61.4 Å². The number of aryl methyl sites for hydroxylation is 1. The van der Waals surface area contributed by atoms with Crippen molar-refractivity contribution in [3.63, 3.8) is 0 Å². The van der Waals surface area contributed by atoms with Gasteiger partial charge in [-0.2, -0.15) is 4.57 Å². The number of carbonyl (C=O) groups is 3. The highest BCUT2D eigenvalue weighted by Crippen LogP contribution is 2.38. The summed E-state index contributed by atoms with van der Waals surface area (Å²) in [7, 11) is 3.90. The van der Waals surface area contributed by atoms with Gasteiger partial charge >= 0.3 is 0 Å². The summed E-state index contributed by atoms with van der Waals surface area (Å²) in [5, 5.41) is 13.4. The van der Waals surface area contributed by atoms with Crippen molar-refractivity contribution in [1.82, 2.24) is 4.90 Å². The fourth-order valence-corrected chi connectivity index (χ4v) is 7.22. The van der Waals surface area contributed by atoms with E-state index in [0.29, 0.717) is 53.8 Å². The van der Waals surface area contributed by atoms with Gasteiger partial charge in [-0.1, -0.05) is 59.9 Å². The van der Waals surface area contributed by atoms with Crippen molar-refractivity contribution in [3.05, 3.63) is 118 Å². The van der Waals surface area contributed by atoms with Gasteiger partial charge in [-0.15, -0.1) is 0 Å². The van der Waals surface area contributed by atoms with E-state index >= 15 is 0 Å². The first-order chi connectivity index (χ1) is 21.3. The maximum Gasteiger partial charge on any atom is 0.263 e. The number of carbonyl (C=O) groups excluding carboxylic acids is 3. The van der Waals surface area contributed by atoms with Crippen LogP contribution in [0.2, 0.25) is 0 Å². The third-order valence-electron chi connectivity index (χ3n) is 8.41. The summed E-state index contributed by atoms with van der Waals surface area (Å²) in [6, 6.07) is 26.7. The number of aliphatic hydroxyl groups is 1. The number of para-hydroxylation sites is 1. The van der Waals surface area contributed by atoms with Crippen LogP contribution in [-0.4, -0.2) is 48.2 Å². The lowest BCUT2D eigenvalue weighted by atomic mass is 9.83. The number of rotatable bonds is 8. The first-order valence-electron chi connectivity index (χ1n) is 14.6. The van der Waals surface area contributed by atoms with Crippen LogP contribution in [0.25, 0.3) is 32.6 Å². The minimum atomic E-state index is -0.253. The largest absolute Gasteiger partial charge is 0.506 e. The number of aliphatic hydroxyl groups excluding tert-OH is 1. The van der Waals surface area contributed by atoms with Crippen molar-refractivity contribution in [1.29, 1.82) is 0 Å². The molecule has 2 heterocycles.